The molecule has 144 valence electrons. The van der Waals surface area contributed by atoms with Gasteiger partial charge in [-0.3, -0.25) is 4.79 Å². The fourth-order valence-electron chi connectivity index (χ4n) is 3.03. The van der Waals surface area contributed by atoms with Crippen LogP contribution < -0.4 is 5.32 Å². The molecule has 1 saturated heterocycles. The van der Waals surface area contributed by atoms with E-state index >= 15 is 0 Å². The van der Waals surface area contributed by atoms with Crippen molar-refractivity contribution in [1.29, 1.82) is 0 Å². The molecule has 1 aliphatic rings. The molecule has 1 fully saturated rings. The van der Waals surface area contributed by atoms with Gasteiger partial charge in [0.05, 0.1) is 22.8 Å². The first-order valence-electron chi connectivity index (χ1n) is 8.59. The summed E-state index contributed by atoms with van der Waals surface area (Å²) >= 11 is 3.38. The van der Waals surface area contributed by atoms with E-state index < -0.39 is 10.0 Å². The van der Waals surface area contributed by atoms with Gasteiger partial charge in [-0.15, -0.1) is 0 Å². The minimum atomic E-state index is -3.70. The van der Waals surface area contributed by atoms with Crippen molar-refractivity contribution in [2.75, 3.05) is 18.4 Å². The number of nitrogens with one attached hydrogen (secondary N) is 1. The summed E-state index contributed by atoms with van der Waals surface area (Å²) in [6.45, 7) is 4.28. The maximum absolute atomic E-state index is 13.0. The first-order chi connectivity index (χ1) is 12.8. The maximum atomic E-state index is 13.0. The third-order valence-electron chi connectivity index (χ3n) is 4.24. The minimum Gasteiger partial charge on any atom is -0.373 e. The van der Waals surface area contributed by atoms with Crippen LogP contribution in [0.15, 0.2) is 57.9 Å². The fraction of sp³-hybridized carbons (Fsp3) is 0.316. The smallest absolute Gasteiger partial charge is 0.255 e. The summed E-state index contributed by atoms with van der Waals surface area (Å²) in [5, 5.41) is 2.78. The van der Waals surface area contributed by atoms with Crippen molar-refractivity contribution in [1.82, 2.24) is 4.31 Å². The number of carbonyl (C=O) groups excluding carboxylic acids is 1. The van der Waals surface area contributed by atoms with Gasteiger partial charge in [-0.25, -0.2) is 8.42 Å². The van der Waals surface area contributed by atoms with Crippen molar-refractivity contribution in [3.05, 3.63) is 58.6 Å². The molecule has 27 heavy (non-hydrogen) atoms. The molecule has 0 aliphatic carbocycles. The molecule has 3 rings (SSSR count). The molecular formula is C19H21BrN2O4S. The van der Waals surface area contributed by atoms with Crippen LogP contribution in [0.2, 0.25) is 0 Å². The number of ether oxygens (including phenoxy) is 1. The molecule has 2 atom stereocenters. The van der Waals surface area contributed by atoms with Crippen molar-refractivity contribution in [2.24, 2.45) is 0 Å². The predicted molar refractivity (Wildman–Crippen MR) is 107 cm³/mol. The average Bonchev–Trinajstić information content (AvgIpc) is 2.63. The number of anilines is 1. The molecule has 2 unspecified atom stereocenters. The lowest BCUT2D eigenvalue weighted by Crippen LogP contribution is -2.48. The molecule has 0 spiro atoms. The zero-order valence-electron chi connectivity index (χ0n) is 15.1. The molecule has 0 radical (unpaired) electrons. The van der Waals surface area contributed by atoms with Crippen molar-refractivity contribution in [2.45, 2.75) is 31.0 Å². The van der Waals surface area contributed by atoms with Gasteiger partial charge in [0.2, 0.25) is 10.0 Å². The van der Waals surface area contributed by atoms with Crippen molar-refractivity contribution >= 4 is 37.5 Å². The Morgan fingerprint density at radius 3 is 2.44 bits per heavy atom. The molecule has 1 aliphatic heterocycles. The normalized spacial score (nSPS) is 21.0. The minimum absolute atomic E-state index is 0.101. The van der Waals surface area contributed by atoms with Gasteiger partial charge in [0, 0.05) is 23.1 Å². The highest BCUT2D eigenvalue weighted by Gasteiger charge is 2.32. The lowest BCUT2D eigenvalue weighted by Gasteiger charge is -2.34. The highest BCUT2D eigenvalue weighted by atomic mass is 79.9. The Labute approximate surface area is 167 Å². The van der Waals surface area contributed by atoms with Crippen molar-refractivity contribution < 1.29 is 17.9 Å². The number of para-hydroxylation sites is 1. The van der Waals surface area contributed by atoms with Crippen molar-refractivity contribution in [3.8, 4) is 0 Å². The van der Waals surface area contributed by atoms with Gasteiger partial charge in [0.1, 0.15) is 0 Å². The summed E-state index contributed by atoms with van der Waals surface area (Å²) in [4.78, 5) is 12.7. The van der Waals surface area contributed by atoms with Crippen LogP contribution >= 0.6 is 15.9 Å². The summed E-state index contributed by atoms with van der Waals surface area (Å²) in [5.74, 6) is -0.373. The number of benzene rings is 2. The Balaban J connectivity index is 1.84. The molecule has 0 aromatic heterocycles. The second-order valence-corrected chi connectivity index (χ2v) is 9.33. The maximum Gasteiger partial charge on any atom is 0.255 e. The number of carbonyl (C=O) groups is 1. The van der Waals surface area contributed by atoms with Gasteiger partial charge < -0.3 is 10.1 Å². The largest absolute Gasteiger partial charge is 0.373 e. The number of rotatable bonds is 4. The number of morpholine rings is 1. The van der Waals surface area contributed by atoms with Gasteiger partial charge in [-0.2, -0.15) is 4.31 Å². The summed E-state index contributed by atoms with van der Waals surface area (Å²) in [6, 6.07) is 13.3. The Kier molecular flexibility index (Phi) is 6.00. The van der Waals surface area contributed by atoms with Crippen LogP contribution in [-0.2, 0) is 14.8 Å². The standard InChI is InChI=1S/C19H21BrN2O4S/c1-13-11-22(12-14(2)26-13)27(24,25)16-7-5-6-15(10-16)19(23)21-18-9-4-3-8-17(18)20/h3-10,13-14H,11-12H2,1-2H3,(H,21,23). The molecule has 0 bridgehead atoms. The lowest BCUT2D eigenvalue weighted by molar-refractivity contribution is -0.0440. The van der Waals surface area contributed by atoms with Crippen LogP contribution in [0.1, 0.15) is 24.2 Å². The topological polar surface area (TPSA) is 75.7 Å². The van der Waals surface area contributed by atoms with E-state index in [9.17, 15) is 13.2 Å². The molecule has 1 N–H and O–H groups in total. The quantitative estimate of drug-likeness (QED) is 0.769. The third kappa shape index (κ3) is 4.57. The summed E-state index contributed by atoms with van der Waals surface area (Å²) in [7, 11) is -3.70. The van der Waals surface area contributed by atoms with Gasteiger partial charge in [-0.1, -0.05) is 18.2 Å². The second-order valence-electron chi connectivity index (χ2n) is 6.54. The molecule has 2 aromatic rings. The third-order valence-corrected chi connectivity index (χ3v) is 6.76. The van der Waals surface area contributed by atoms with E-state index in [1.54, 1.807) is 18.2 Å². The number of nitrogens with zero attached hydrogens (tertiary/aromatic N) is 1. The van der Waals surface area contributed by atoms with Crippen molar-refractivity contribution in [3.63, 3.8) is 0 Å². The predicted octanol–water partition coefficient (Wildman–Crippen LogP) is 3.50. The van der Waals surface area contributed by atoms with E-state index in [0.717, 1.165) is 4.47 Å². The van der Waals surface area contributed by atoms with E-state index in [1.165, 1.54) is 16.4 Å². The molecule has 0 saturated carbocycles. The summed E-state index contributed by atoms with van der Waals surface area (Å²) in [6.07, 6.45) is -0.351. The summed E-state index contributed by atoms with van der Waals surface area (Å²) < 4.78 is 33.8. The second kappa shape index (κ2) is 8.10. The summed E-state index contributed by atoms with van der Waals surface area (Å²) in [5.41, 5.74) is 0.896. The van der Waals surface area contributed by atoms with Crippen LogP contribution in [0.4, 0.5) is 5.69 Å². The fourth-order valence-corrected chi connectivity index (χ4v) is 5.05. The van der Waals surface area contributed by atoms with Crippen LogP contribution in [0.3, 0.4) is 0 Å². The number of amides is 1. The van der Waals surface area contributed by atoms with E-state index in [-0.39, 0.29) is 28.6 Å². The Bertz CT molecular complexity index is 938. The molecule has 1 heterocycles. The van der Waals surface area contributed by atoms with Crippen LogP contribution in [0.5, 0.6) is 0 Å². The Hall–Kier alpha value is -1.74. The number of hydrogen-bond acceptors (Lipinski definition) is 4. The molecule has 2 aromatic carbocycles. The first kappa shape index (κ1) is 20.0. The molecule has 1 amide bonds. The molecule has 6 nitrogen and oxygen atoms in total. The van der Waals surface area contributed by atoms with Crippen LogP contribution in [0.25, 0.3) is 0 Å². The number of hydrogen-bond donors (Lipinski definition) is 1. The highest BCUT2D eigenvalue weighted by molar-refractivity contribution is 9.10. The van der Waals surface area contributed by atoms with Gasteiger partial charge in [0.25, 0.3) is 5.91 Å². The molecule has 8 heteroatoms. The zero-order valence-corrected chi connectivity index (χ0v) is 17.5. The van der Waals surface area contributed by atoms with E-state index in [2.05, 4.69) is 21.2 Å². The SMILES string of the molecule is CC1CN(S(=O)(=O)c2cccc(C(=O)Nc3ccccc3Br)c2)CC(C)O1. The lowest BCUT2D eigenvalue weighted by atomic mass is 10.2. The zero-order chi connectivity index (χ0) is 19.6. The Morgan fingerprint density at radius 1 is 1.11 bits per heavy atom. The number of halogens is 1. The van der Waals surface area contributed by atoms with E-state index in [4.69, 9.17) is 4.74 Å². The molecular weight excluding hydrogens is 432 g/mol. The number of sulfonamides is 1. The first-order valence-corrected chi connectivity index (χ1v) is 10.8. The Morgan fingerprint density at radius 2 is 1.78 bits per heavy atom. The van der Waals surface area contributed by atoms with Gasteiger partial charge in [0.15, 0.2) is 0 Å². The monoisotopic (exact) mass is 452 g/mol. The van der Waals surface area contributed by atoms with Crippen LogP contribution in [0, 0.1) is 0 Å². The van der Waals surface area contributed by atoms with Gasteiger partial charge in [-0.05, 0) is 60.1 Å². The van der Waals surface area contributed by atoms with Crippen LogP contribution in [-0.4, -0.2) is 43.9 Å². The highest BCUT2D eigenvalue weighted by Crippen LogP contribution is 2.24. The van der Waals surface area contributed by atoms with Gasteiger partial charge >= 0.3 is 0 Å². The average molecular weight is 453 g/mol. The van der Waals surface area contributed by atoms with E-state index in [0.29, 0.717) is 18.8 Å². The van der Waals surface area contributed by atoms with E-state index in [1.807, 2.05) is 32.0 Å².